The molecule has 0 amide bonds. The van der Waals surface area contributed by atoms with Crippen molar-refractivity contribution in [2.24, 2.45) is 4.99 Å². The van der Waals surface area contributed by atoms with Gasteiger partial charge in [0.2, 0.25) is 0 Å². The van der Waals surface area contributed by atoms with Gasteiger partial charge in [0, 0.05) is 24.7 Å². The molecule has 15 heavy (non-hydrogen) atoms. The fraction of sp³-hybridized carbons (Fsp3) is 0.455. The summed E-state index contributed by atoms with van der Waals surface area (Å²) in [6, 6.07) is 4.37. The number of hydrogen-bond acceptors (Lipinski definition) is 4. The highest BCUT2D eigenvalue weighted by Gasteiger charge is 2.10. The monoisotopic (exact) mass is 221 g/mol. The van der Waals surface area contributed by atoms with E-state index < -0.39 is 0 Å². The van der Waals surface area contributed by atoms with E-state index >= 15 is 0 Å². The van der Waals surface area contributed by atoms with E-state index in [0.717, 1.165) is 11.7 Å². The van der Waals surface area contributed by atoms with E-state index in [9.17, 15) is 0 Å². The topological polar surface area (TPSA) is 37.3 Å². The number of nitrogens with one attached hydrogen (secondary N) is 1. The van der Waals surface area contributed by atoms with Crippen LogP contribution in [0.25, 0.3) is 0 Å². The molecule has 3 nitrogen and oxygen atoms in total. The van der Waals surface area contributed by atoms with E-state index in [1.807, 2.05) is 36.3 Å². The molecule has 80 valence electrons. The molecule has 0 aliphatic carbocycles. The van der Waals surface area contributed by atoms with E-state index in [4.69, 9.17) is 0 Å². The van der Waals surface area contributed by atoms with E-state index in [1.165, 1.54) is 17.7 Å². The van der Waals surface area contributed by atoms with Crippen molar-refractivity contribution in [3.63, 3.8) is 0 Å². The molecular formula is C11H15N3S. The van der Waals surface area contributed by atoms with Crippen LogP contribution < -0.4 is 5.32 Å². The third-order valence-corrected chi connectivity index (χ3v) is 3.36. The average molecular weight is 221 g/mol. The first-order valence-corrected chi connectivity index (χ1v) is 6.18. The Morgan fingerprint density at radius 2 is 2.20 bits per heavy atom. The van der Waals surface area contributed by atoms with Crippen LogP contribution in [0.15, 0.2) is 29.5 Å². The highest BCUT2D eigenvalue weighted by atomic mass is 32.2. The average Bonchev–Trinajstić information content (AvgIpc) is 2.31. The Balaban J connectivity index is 1.97. The summed E-state index contributed by atoms with van der Waals surface area (Å²) < 4.78 is 0. The Labute approximate surface area is 94.4 Å². The van der Waals surface area contributed by atoms with Gasteiger partial charge in [-0.3, -0.25) is 9.98 Å². The molecule has 1 aliphatic rings. The van der Waals surface area contributed by atoms with Gasteiger partial charge in [-0.05, 0) is 31.0 Å². The van der Waals surface area contributed by atoms with Crippen LogP contribution in [0, 0.1) is 0 Å². The summed E-state index contributed by atoms with van der Waals surface area (Å²) >= 11 is 1.81. The third kappa shape index (κ3) is 2.96. The Morgan fingerprint density at radius 3 is 2.87 bits per heavy atom. The fourth-order valence-corrected chi connectivity index (χ4v) is 2.38. The lowest BCUT2D eigenvalue weighted by atomic mass is 10.1. The Kier molecular flexibility index (Phi) is 3.61. The van der Waals surface area contributed by atoms with Crippen LogP contribution in [0.3, 0.4) is 0 Å². The lowest BCUT2D eigenvalue weighted by Crippen LogP contribution is -2.26. The van der Waals surface area contributed by atoms with Gasteiger partial charge in [-0.15, -0.1) is 0 Å². The molecule has 2 heterocycles. The van der Waals surface area contributed by atoms with Gasteiger partial charge in [-0.25, -0.2) is 0 Å². The lowest BCUT2D eigenvalue weighted by molar-refractivity contribution is 0.716. The number of thioether (sulfide) groups is 1. The van der Waals surface area contributed by atoms with Crippen LogP contribution in [-0.2, 0) is 0 Å². The van der Waals surface area contributed by atoms with Crippen LogP contribution in [-0.4, -0.2) is 22.4 Å². The van der Waals surface area contributed by atoms with Crippen LogP contribution in [0.5, 0.6) is 0 Å². The van der Waals surface area contributed by atoms with Crippen molar-refractivity contribution in [2.75, 3.05) is 12.3 Å². The number of aromatic nitrogens is 1. The maximum atomic E-state index is 4.45. The number of pyridine rings is 1. The van der Waals surface area contributed by atoms with Gasteiger partial charge in [0.15, 0.2) is 5.17 Å². The minimum absolute atomic E-state index is 0.303. The largest absolute Gasteiger partial charge is 0.358 e. The molecule has 0 spiro atoms. The Hall–Kier alpha value is -1.03. The van der Waals surface area contributed by atoms with Crippen LogP contribution >= 0.6 is 11.8 Å². The maximum absolute atomic E-state index is 4.45. The predicted molar refractivity (Wildman–Crippen MR) is 65.2 cm³/mol. The standard InChI is InChI=1S/C11H15N3S/c1-9(10-3-6-12-7-4-10)14-11-13-5-2-8-15-11/h3-4,6-7,9H,2,5,8H2,1H3,(H,13,14). The number of aliphatic imine (C=N–C) groups is 1. The lowest BCUT2D eigenvalue weighted by Gasteiger charge is -2.18. The molecule has 0 saturated heterocycles. The highest BCUT2D eigenvalue weighted by Crippen LogP contribution is 2.16. The van der Waals surface area contributed by atoms with E-state index in [-0.39, 0.29) is 0 Å². The molecule has 1 aromatic heterocycles. The molecule has 0 aromatic carbocycles. The van der Waals surface area contributed by atoms with Crippen LogP contribution in [0.2, 0.25) is 0 Å². The van der Waals surface area contributed by atoms with Crippen molar-refractivity contribution in [1.29, 1.82) is 0 Å². The first kappa shape index (κ1) is 10.5. The summed E-state index contributed by atoms with van der Waals surface area (Å²) in [5.74, 6) is 1.18. The molecule has 1 N–H and O–H groups in total. The van der Waals surface area contributed by atoms with Gasteiger partial charge >= 0.3 is 0 Å². The molecule has 0 radical (unpaired) electrons. The summed E-state index contributed by atoms with van der Waals surface area (Å²) in [4.78, 5) is 8.46. The first-order chi connectivity index (χ1) is 7.36. The van der Waals surface area contributed by atoms with Gasteiger partial charge in [0.05, 0.1) is 6.04 Å². The van der Waals surface area contributed by atoms with Crippen LogP contribution in [0.1, 0.15) is 24.9 Å². The van der Waals surface area contributed by atoms with Crippen molar-refractivity contribution < 1.29 is 0 Å². The molecule has 2 rings (SSSR count). The summed E-state index contributed by atoms with van der Waals surface area (Å²) in [7, 11) is 0. The van der Waals surface area contributed by atoms with Crippen molar-refractivity contribution in [3.05, 3.63) is 30.1 Å². The predicted octanol–water partition coefficient (Wildman–Crippen LogP) is 2.23. The van der Waals surface area contributed by atoms with Gasteiger partial charge in [0.25, 0.3) is 0 Å². The second-order valence-corrected chi connectivity index (χ2v) is 4.62. The van der Waals surface area contributed by atoms with Crippen molar-refractivity contribution in [2.45, 2.75) is 19.4 Å². The summed E-state index contributed by atoms with van der Waals surface area (Å²) in [5.41, 5.74) is 1.25. The SMILES string of the molecule is CC(NC1=NCCCS1)c1ccncc1. The zero-order valence-electron chi connectivity index (χ0n) is 8.81. The summed E-state index contributed by atoms with van der Waals surface area (Å²) in [6.07, 6.45) is 4.84. The first-order valence-electron chi connectivity index (χ1n) is 5.20. The van der Waals surface area contributed by atoms with E-state index in [2.05, 4.69) is 22.2 Å². The number of amidine groups is 1. The minimum atomic E-state index is 0.303. The van der Waals surface area contributed by atoms with Gasteiger partial charge in [-0.1, -0.05) is 11.8 Å². The smallest absolute Gasteiger partial charge is 0.157 e. The molecule has 0 saturated carbocycles. The second kappa shape index (κ2) is 5.16. The molecule has 1 aliphatic heterocycles. The van der Waals surface area contributed by atoms with Gasteiger partial charge in [0.1, 0.15) is 0 Å². The van der Waals surface area contributed by atoms with Crippen molar-refractivity contribution >= 4 is 16.9 Å². The highest BCUT2D eigenvalue weighted by molar-refractivity contribution is 8.13. The molecule has 1 aromatic rings. The van der Waals surface area contributed by atoms with Crippen molar-refractivity contribution in [3.8, 4) is 0 Å². The summed E-state index contributed by atoms with van der Waals surface area (Å²) in [5, 5.41) is 4.49. The summed E-state index contributed by atoms with van der Waals surface area (Å²) in [6.45, 7) is 3.10. The molecule has 1 unspecified atom stereocenters. The molecule has 0 fully saturated rings. The van der Waals surface area contributed by atoms with Crippen molar-refractivity contribution in [1.82, 2.24) is 10.3 Å². The second-order valence-electron chi connectivity index (χ2n) is 3.54. The van der Waals surface area contributed by atoms with E-state index in [1.54, 1.807) is 0 Å². The number of rotatable bonds is 2. The fourth-order valence-electron chi connectivity index (χ4n) is 1.47. The molecule has 4 heteroatoms. The molecule has 1 atom stereocenters. The normalized spacial score (nSPS) is 18.1. The maximum Gasteiger partial charge on any atom is 0.157 e. The zero-order chi connectivity index (χ0) is 10.5. The van der Waals surface area contributed by atoms with Gasteiger partial charge in [-0.2, -0.15) is 0 Å². The van der Waals surface area contributed by atoms with Crippen LogP contribution in [0.4, 0.5) is 0 Å². The van der Waals surface area contributed by atoms with E-state index in [0.29, 0.717) is 6.04 Å². The molecular weight excluding hydrogens is 206 g/mol. The Morgan fingerprint density at radius 1 is 1.40 bits per heavy atom. The quantitative estimate of drug-likeness (QED) is 0.832. The Bertz CT molecular complexity index is 337. The number of nitrogens with zero attached hydrogens (tertiary/aromatic N) is 2. The zero-order valence-corrected chi connectivity index (χ0v) is 9.63. The minimum Gasteiger partial charge on any atom is -0.358 e. The third-order valence-electron chi connectivity index (χ3n) is 2.34. The number of hydrogen-bond donors (Lipinski definition) is 1. The van der Waals surface area contributed by atoms with Gasteiger partial charge < -0.3 is 5.32 Å². The molecule has 0 bridgehead atoms.